The Labute approximate surface area is 134 Å². The SMILES string of the molecule is COC(=O)C(=[N+]=[N-])C1(C(C)(C)C)C(C(C)(C)C)=C1C(C)(C)C. The Hall–Kier alpha value is -1.41. The van der Waals surface area contributed by atoms with Gasteiger partial charge in [-0.25, -0.2) is 4.79 Å². The molecule has 4 nitrogen and oxygen atoms in total. The minimum atomic E-state index is -0.661. The Kier molecular flexibility index (Phi) is 4.28. The summed E-state index contributed by atoms with van der Waals surface area (Å²) in [7, 11) is 1.32. The monoisotopic (exact) mass is 306 g/mol. The lowest BCUT2D eigenvalue weighted by Crippen LogP contribution is -2.43. The first-order chi connectivity index (χ1) is 9.67. The second-order valence-electron chi connectivity index (χ2n) is 9.19. The molecule has 0 radical (unpaired) electrons. The van der Waals surface area contributed by atoms with Gasteiger partial charge in [-0.3, -0.25) is 0 Å². The van der Waals surface area contributed by atoms with Crippen molar-refractivity contribution in [3.8, 4) is 0 Å². The normalized spacial score (nSPS) is 17.9. The van der Waals surface area contributed by atoms with Gasteiger partial charge in [0.2, 0.25) is 0 Å². The molecule has 1 aliphatic carbocycles. The maximum atomic E-state index is 12.3. The Morgan fingerprint density at radius 3 is 1.50 bits per heavy atom. The molecule has 0 aromatic heterocycles. The predicted molar refractivity (Wildman–Crippen MR) is 88.5 cm³/mol. The molecule has 124 valence electrons. The highest BCUT2D eigenvalue weighted by Gasteiger charge is 2.74. The zero-order chi connectivity index (χ0) is 17.7. The molecule has 0 atom stereocenters. The summed E-state index contributed by atoms with van der Waals surface area (Å²) in [5, 5.41) is 0. The zero-order valence-corrected chi connectivity index (χ0v) is 15.7. The van der Waals surface area contributed by atoms with E-state index in [0.717, 1.165) is 0 Å². The average Bonchev–Trinajstić information content (AvgIpc) is 3.00. The van der Waals surface area contributed by atoms with Crippen molar-refractivity contribution in [2.24, 2.45) is 21.7 Å². The number of methoxy groups -OCH3 is 1. The molecule has 0 N–H and O–H groups in total. The number of rotatable bonds is 2. The van der Waals surface area contributed by atoms with Gasteiger partial charge in [0.1, 0.15) is 5.41 Å². The molecule has 0 bridgehead atoms. The third-order valence-corrected chi connectivity index (χ3v) is 4.40. The summed E-state index contributed by atoms with van der Waals surface area (Å²) in [5.41, 5.74) is 10.8. The lowest BCUT2D eigenvalue weighted by atomic mass is 9.64. The van der Waals surface area contributed by atoms with E-state index in [1.165, 1.54) is 18.3 Å². The molecule has 0 fully saturated rings. The van der Waals surface area contributed by atoms with Crippen LogP contribution < -0.4 is 0 Å². The van der Waals surface area contributed by atoms with E-state index in [0.29, 0.717) is 0 Å². The second kappa shape index (κ2) is 5.06. The first kappa shape index (κ1) is 18.6. The molecule has 0 amide bonds. The van der Waals surface area contributed by atoms with Gasteiger partial charge >= 0.3 is 11.7 Å². The van der Waals surface area contributed by atoms with Crippen molar-refractivity contribution in [1.29, 1.82) is 0 Å². The van der Waals surface area contributed by atoms with Crippen LogP contribution >= 0.6 is 0 Å². The van der Waals surface area contributed by atoms with Gasteiger partial charge in [0.15, 0.2) is 0 Å². The fourth-order valence-corrected chi connectivity index (χ4v) is 3.86. The summed E-state index contributed by atoms with van der Waals surface area (Å²) < 4.78 is 4.89. The molecular formula is C18H30N2O2. The topological polar surface area (TPSA) is 62.7 Å². The number of nitrogens with zero attached hydrogens (tertiary/aromatic N) is 2. The van der Waals surface area contributed by atoms with Crippen LogP contribution in [0.2, 0.25) is 0 Å². The van der Waals surface area contributed by atoms with Crippen molar-refractivity contribution >= 4 is 11.7 Å². The quantitative estimate of drug-likeness (QED) is 0.251. The van der Waals surface area contributed by atoms with Crippen molar-refractivity contribution in [1.82, 2.24) is 0 Å². The third kappa shape index (κ3) is 2.54. The fourth-order valence-electron chi connectivity index (χ4n) is 3.86. The molecule has 0 heterocycles. The van der Waals surface area contributed by atoms with Crippen LogP contribution in [-0.2, 0) is 9.53 Å². The molecular weight excluding hydrogens is 276 g/mol. The summed E-state index contributed by atoms with van der Waals surface area (Å²) in [4.78, 5) is 15.7. The van der Waals surface area contributed by atoms with Crippen LogP contribution in [0.4, 0.5) is 0 Å². The minimum Gasteiger partial charge on any atom is -0.460 e. The van der Waals surface area contributed by atoms with Gasteiger partial charge < -0.3 is 10.3 Å². The zero-order valence-electron chi connectivity index (χ0n) is 15.7. The highest BCUT2D eigenvalue weighted by Crippen LogP contribution is 2.73. The Bertz CT molecular complexity index is 548. The average molecular weight is 306 g/mol. The number of allylic oxidation sites excluding steroid dienone is 2. The molecule has 22 heavy (non-hydrogen) atoms. The van der Waals surface area contributed by atoms with E-state index in [2.05, 4.69) is 67.1 Å². The largest absolute Gasteiger partial charge is 0.460 e. The number of ether oxygens (including phenoxy) is 1. The van der Waals surface area contributed by atoms with Crippen molar-refractivity contribution in [3.05, 3.63) is 16.7 Å². The van der Waals surface area contributed by atoms with E-state index in [4.69, 9.17) is 4.74 Å². The summed E-state index contributed by atoms with van der Waals surface area (Å²) in [6, 6.07) is 0. The van der Waals surface area contributed by atoms with Crippen LogP contribution in [0, 0.1) is 21.7 Å². The third-order valence-electron chi connectivity index (χ3n) is 4.40. The predicted octanol–water partition coefficient (Wildman–Crippen LogP) is 4.27. The molecule has 0 aromatic rings. The standard InChI is InChI=1S/C18H30N2O2/c1-15(2,3)11-12(16(4,5)6)18(11,17(7,8)9)13(20-19)14(21)22-10/h1-10H3. The first-order valence-corrected chi connectivity index (χ1v) is 7.74. The number of esters is 1. The molecule has 4 heteroatoms. The Morgan fingerprint density at radius 2 is 1.32 bits per heavy atom. The van der Waals surface area contributed by atoms with Crippen molar-refractivity contribution in [2.75, 3.05) is 7.11 Å². The number of carbonyl (C=O) groups is 1. The highest BCUT2D eigenvalue weighted by atomic mass is 16.5. The van der Waals surface area contributed by atoms with Gasteiger partial charge in [-0.1, -0.05) is 62.3 Å². The maximum Gasteiger partial charge on any atom is 0.418 e. The highest BCUT2D eigenvalue weighted by molar-refractivity contribution is 6.39. The van der Waals surface area contributed by atoms with E-state index in [1.807, 2.05) is 0 Å². The van der Waals surface area contributed by atoms with E-state index >= 15 is 0 Å². The first-order valence-electron chi connectivity index (χ1n) is 7.74. The lowest BCUT2D eigenvalue weighted by Gasteiger charge is -2.35. The van der Waals surface area contributed by atoms with Crippen LogP contribution in [0.15, 0.2) is 11.1 Å². The minimum absolute atomic E-state index is 0.0948. The molecule has 1 rings (SSSR count). The van der Waals surface area contributed by atoms with Gasteiger partial charge in [0, 0.05) is 0 Å². The van der Waals surface area contributed by atoms with E-state index in [1.54, 1.807) is 0 Å². The van der Waals surface area contributed by atoms with Crippen LogP contribution in [-0.4, -0.2) is 23.6 Å². The van der Waals surface area contributed by atoms with Gasteiger partial charge in [0.25, 0.3) is 0 Å². The van der Waals surface area contributed by atoms with E-state index in [-0.39, 0.29) is 22.0 Å². The molecule has 1 aliphatic rings. The summed E-state index contributed by atoms with van der Waals surface area (Å²) >= 11 is 0. The van der Waals surface area contributed by atoms with Gasteiger partial charge in [0.05, 0.1) is 7.11 Å². The summed E-state index contributed by atoms with van der Waals surface area (Å²) in [6.07, 6.45) is 0. The second-order valence-corrected chi connectivity index (χ2v) is 9.19. The molecule has 0 spiro atoms. The lowest BCUT2D eigenvalue weighted by molar-refractivity contribution is -0.139. The fraction of sp³-hybridized carbons (Fsp3) is 0.778. The van der Waals surface area contributed by atoms with Crippen LogP contribution in [0.3, 0.4) is 0 Å². The Morgan fingerprint density at radius 1 is 0.955 bits per heavy atom. The number of hydrogen-bond donors (Lipinski definition) is 0. The molecule has 0 aliphatic heterocycles. The van der Waals surface area contributed by atoms with Gasteiger partial charge in [-0.05, 0) is 27.4 Å². The smallest absolute Gasteiger partial charge is 0.418 e. The van der Waals surface area contributed by atoms with Crippen LogP contribution in [0.5, 0.6) is 0 Å². The van der Waals surface area contributed by atoms with Crippen LogP contribution in [0.25, 0.3) is 5.53 Å². The van der Waals surface area contributed by atoms with Gasteiger partial charge in [-0.15, -0.1) is 0 Å². The molecule has 0 saturated carbocycles. The van der Waals surface area contributed by atoms with Crippen molar-refractivity contribution < 1.29 is 14.3 Å². The number of hydrogen-bond acceptors (Lipinski definition) is 2. The summed E-state index contributed by atoms with van der Waals surface area (Å²) in [5.74, 6) is -0.571. The van der Waals surface area contributed by atoms with E-state index < -0.39 is 11.4 Å². The van der Waals surface area contributed by atoms with Crippen molar-refractivity contribution in [3.63, 3.8) is 0 Å². The summed E-state index contributed by atoms with van der Waals surface area (Å²) in [6.45, 7) is 19.0. The number of carbonyl (C=O) groups excluding carboxylic acids is 1. The molecule has 0 unspecified atom stereocenters. The maximum absolute atomic E-state index is 12.3. The molecule has 0 aromatic carbocycles. The van der Waals surface area contributed by atoms with Gasteiger partial charge in [-0.2, -0.15) is 4.79 Å². The van der Waals surface area contributed by atoms with E-state index in [9.17, 15) is 10.3 Å². The van der Waals surface area contributed by atoms with Crippen LogP contribution in [0.1, 0.15) is 62.3 Å². The van der Waals surface area contributed by atoms with Crippen molar-refractivity contribution in [2.45, 2.75) is 62.3 Å². The Balaban J connectivity index is 3.74. The molecule has 0 saturated heterocycles.